The summed E-state index contributed by atoms with van der Waals surface area (Å²) in [4.78, 5) is 2.38. The largest absolute Gasteiger partial charge is 0.456 e. The van der Waals surface area contributed by atoms with Gasteiger partial charge < -0.3 is 9.32 Å². The van der Waals surface area contributed by atoms with Gasteiger partial charge in [-0.15, -0.1) is 0 Å². The van der Waals surface area contributed by atoms with Crippen LogP contribution in [0.1, 0.15) is 0 Å². The van der Waals surface area contributed by atoms with Crippen molar-refractivity contribution in [3.8, 4) is 22.3 Å². The number of benzene rings is 8. The lowest BCUT2D eigenvalue weighted by Crippen LogP contribution is -2.10. The molecule has 0 atom stereocenters. The first-order valence-electron chi connectivity index (χ1n) is 15.7. The number of rotatable bonds is 5. The summed E-state index contributed by atoms with van der Waals surface area (Å²) in [6.07, 6.45) is 0. The number of hydrogen-bond acceptors (Lipinski definition) is 2. The first-order valence-corrected chi connectivity index (χ1v) is 15.7. The van der Waals surface area contributed by atoms with E-state index in [0.29, 0.717) is 0 Å². The fraction of sp³-hybridized carbons (Fsp3) is 0. The Kier molecular flexibility index (Phi) is 6.17. The van der Waals surface area contributed by atoms with Crippen molar-refractivity contribution in [1.82, 2.24) is 0 Å². The molecule has 0 spiro atoms. The third kappa shape index (κ3) is 4.43. The summed E-state index contributed by atoms with van der Waals surface area (Å²) in [6.45, 7) is 0. The van der Waals surface area contributed by atoms with Crippen LogP contribution in [0.25, 0.3) is 65.7 Å². The summed E-state index contributed by atoms with van der Waals surface area (Å²) in [7, 11) is 0. The molecule has 2 heteroatoms. The number of anilines is 3. The Balaban J connectivity index is 1.27. The highest BCUT2D eigenvalue weighted by molar-refractivity contribution is 6.12. The van der Waals surface area contributed by atoms with E-state index >= 15 is 0 Å². The molecule has 0 saturated heterocycles. The molecule has 0 aliphatic heterocycles. The summed E-state index contributed by atoms with van der Waals surface area (Å²) < 4.78 is 6.39. The molecular weight excluding hydrogens is 558 g/mol. The second kappa shape index (κ2) is 10.8. The molecule has 0 unspecified atom stereocenters. The fourth-order valence-electron chi connectivity index (χ4n) is 6.80. The highest BCUT2D eigenvalue weighted by Crippen LogP contribution is 2.44. The van der Waals surface area contributed by atoms with Crippen LogP contribution in [0.15, 0.2) is 180 Å². The van der Waals surface area contributed by atoms with Gasteiger partial charge in [0.15, 0.2) is 0 Å². The lowest BCUT2D eigenvalue weighted by atomic mass is 9.96. The molecule has 216 valence electrons. The molecule has 0 fully saturated rings. The summed E-state index contributed by atoms with van der Waals surface area (Å²) in [5.74, 6) is 0. The van der Waals surface area contributed by atoms with Crippen molar-refractivity contribution in [2.24, 2.45) is 0 Å². The first-order chi connectivity index (χ1) is 22.8. The summed E-state index contributed by atoms with van der Waals surface area (Å²) in [5.41, 5.74) is 9.92. The van der Waals surface area contributed by atoms with Crippen LogP contribution in [-0.4, -0.2) is 0 Å². The van der Waals surface area contributed by atoms with Gasteiger partial charge in [-0.1, -0.05) is 127 Å². The van der Waals surface area contributed by atoms with Crippen molar-refractivity contribution in [1.29, 1.82) is 0 Å². The molecule has 2 nitrogen and oxygen atoms in total. The average molecular weight is 588 g/mol. The summed E-state index contributed by atoms with van der Waals surface area (Å²) in [5, 5.41) is 7.03. The van der Waals surface area contributed by atoms with Crippen molar-refractivity contribution >= 4 is 60.5 Å². The molecule has 1 heterocycles. The van der Waals surface area contributed by atoms with E-state index in [1.54, 1.807) is 0 Å². The number of hydrogen-bond donors (Lipinski definition) is 0. The van der Waals surface area contributed by atoms with Gasteiger partial charge in [-0.2, -0.15) is 0 Å². The third-order valence-electron chi connectivity index (χ3n) is 9.04. The van der Waals surface area contributed by atoms with E-state index in [1.165, 1.54) is 43.8 Å². The predicted octanol–water partition coefficient (Wildman–Crippen LogP) is 12.7. The van der Waals surface area contributed by atoms with Crippen LogP contribution in [-0.2, 0) is 0 Å². The van der Waals surface area contributed by atoms with E-state index in [0.717, 1.165) is 39.0 Å². The quantitative estimate of drug-likeness (QED) is 0.199. The molecule has 9 rings (SSSR count). The van der Waals surface area contributed by atoms with Crippen LogP contribution in [0.4, 0.5) is 17.1 Å². The average Bonchev–Trinajstić information content (AvgIpc) is 3.48. The maximum absolute atomic E-state index is 6.39. The van der Waals surface area contributed by atoms with E-state index in [-0.39, 0.29) is 0 Å². The number of furan rings is 1. The molecule has 0 N–H and O–H groups in total. The van der Waals surface area contributed by atoms with Gasteiger partial charge in [-0.05, 0) is 86.9 Å². The zero-order valence-electron chi connectivity index (χ0n) is 25.1. The Morgan fingerprint density at radius 1 is 0.348 bits per heavy atom. The maximum Gasteiger partial charge on any atom is 0.136 e. The SMILES string of the molecule is c1ccc(-c2ccc(N(c3ccc4oc5cc6ccccc6cc5c4c3)c3ccc(-c4ccccc4)c4ccccc34)cc2)cc1. The van der Waals surface area contributed by atoms with Crippen LogP contribution < -0.4 is 4.90 Å². The van der Waals surface area contributed by atoms with Gasteiger partial charge in [0.2, 0.25) is 0 Å². The smallest absolute Gasteiger partial charge is 0.136 e. The second-order valence-electron chi connectivity index (χ2n) is 11.8. The van der Waals surface area contributed by atoms with Crippen molar-refractivity contribution < 1.29 is 4.42 Å². The predicted molar refractivity (Wildman–Crippen MR) is 194 cm³/mol. The molecule has 0 aliphatic rings. The van der Waals surface area contributed by atoms with Crippen LogP contribution in [0, 0.1) is 0 Å². The normalized spacial score (nSPS) is 11.5. The Labute approximate surface area is 267 Å². The molecule has 0 aliphatic carbocycles. The molecule has 8 aromatic carbocycles. The van der Waals surface area contributed by atoms with Gasteiger partial charge in [0.05, 0.1) is 5.69 Å². The molecule has 0 saturated carbocycles. The molecule has 9 aromatic rings. The minimum Gasteiger partial charge on any atom is -0.456 e. The molecular formula is C44H29NO. The number of fused-ring (bicyclic) bond motifs is 5. The molecule has 0 bridgehead atoms. The van der Waals surface area contributed by atoms with Gasteiger partial charge in [-0.25, -0.2) is 0 Å². The van der Waals surface area contributed by atoms with Crippen LogP contribution in [0.5, 0.6) is 0 Å². The number of nitrogens with zero attached hydrogens (tertiary/aromatic N) is 1. The van der Waals surface area contributed by atoms with Crippen LogP contribution in [0.3, 0.4) is 0 Å². The lowest BCUT2D eigenvalue weighted by molar-refractivity contribution is 0.669. The topological polar surface area (TPSA) is 16.4 Å². The zero-order valence-corrected chi connectivity index (χ0v) is 25.1. The van der Waals surface area contributed by atoms with Gasteiger partial charge in [0.1, 0.15) is 11.2 Å². The standard InChI is InChI=1S/C44H29NO/c1-3-11-30(12-4-1)31-19-21-35(22-20-31)45(42-25-24-37(32-13-5-2-6-14-32)38-17-9-10-18-39(38)42)36-23-26-43-41(29-36)40-27-33-15-7-8-16-34(33)28-44(40)46-43/h1-29H. The summed E-state index contributed by atoms with van der Waals surface area (Å²) in [6, 6.07) is 62.8. The minimum atomic E-state index is 0.887. The van der Waals surface area contributed by atoms with E-state index in [9.17, 15) is 0 Å². The zero-order chi connectivity index (χ0) is 30.5. The highest BCUT2D eigenvalue weighted by atomic mass is 16.3. The molecule has 1 aromatic heterocycles. The third-order valence-corrected chi connectivity index (χ3v) is 9.04. The monoisotopic (exact) mass is 587 g/mol. The van der Waals surface area contributed by atoms with E-state index < -0.39 is 0 Å². The van der Waals surface area contributed by atoms with Crippen LogP contribution in [0.2, 0.25) is 0 Å². The Morgan fingerprint density at radius 3 is 1.70 bits per heavy atom. The van der Waals surface area contributed by atoms with Gasteiger partial charge in [0, 0.05) is 27.5 Å². The Bertz CT molecular complexity index is 2510. The van der Waals surface area contributed by atoms with E-state index in [2.05, 4.69) is 181 Å². The van der Waals surface area contributed by atoms with Crippen molar-refractivity contribution in [2.75, 3.05) is 4.90 Å². The molecule has 46 heavy (non-hydrogen) atoms. The van der Waals surface area contributed by atoms with Gasteiger partial charge in [0.25, 0.3) is 0 Å². The Morgan fingerprint density at radius 2 is 0.935 bits per heavy atom. The van der Waals surface area contributed by atoms with Crippen molar-refractivity contribution in [3.05, 3.63) is 176 Å². The molecule has 0 amide bonds. The van der Waals surface area contributed by atoms with Gasteiger partial charge in [-0.3, -0.25) is 0 Å². The van der Waals surface area contributed by atoms with Crippen LogP contribution >= 0.6 is 0 Å². The second-order valence-corrected chi connectivity index (χ2v) is 11.8. The molecule has 0 radical (unpaired) electrons. The lowest BCUT2D eigenvalue weighted by Gasteiger charge is -2.28. The van der Waals surface area contributed by atoms with Gasteiger partial charge >= 0.3 is 0 Å². The fourth-order valence-corrected chi connectivity index (χ4v) is 6.80. The highest BCUT2D eigenvalue weighted by Gasteiger charge is 2.19. The van der Waals surface area contributed by atoms with E-state index in [4.69, 9.17) is 4.42 Å². The van der Waals surface area contributed by atoms with Crippen molar-refractivity contribution in [2.45, 2.75) is 0 Å². The van der Waals surface area contributed by atoms with Crippen molar-refractivity contribution in [3.63, 3.8) is 0 Å². The Hall–Kier alpha value is -6.12. The summed E-state index contributed by atoms with van der Waals surface area (Å²) >= 11 is 0. The maximum atomic E-state index is 6.39. The van der Waals surface area contributed by atoms with E-state index in [1.807, 2.05) is 0 Å². The minimum absolute atomic E-state index is 0.887. The first kappa shape index (κ1) is 26.3.